The minimum atomic E-state index is -0.391. The number of esters is 1. The van der Waals surface area contributed by atoms with E-state index < -0.39 is 5.97 Å². The van der Waals surface area contributed by atoms with E-state index in [0.29, 0.717) is 32.5 Å². The predicted octanol–water partition coefficient (Wildman–Crippen LogP) is 5.04. The molecule has 3 aromatic rings. The first-order chi connectivity index (χ1) is 16.2. The molecule has 2 aromatic heterocycles. The number of carbonyl (C=O) groups excluding carboxylic acids is 2. The lowest BCUT2D eigenvalue weighted by Crippen LogP contribution is -2.26. The standard InChI is InChI=1S/C25H29N3O4S2/c1-5-32-23(31)20-16-11-10-14(25(2,3)4)12-18(16)34-22(20)27-19(29)13-33-24-26-17-9-7-6-8-15(17)21(30)28-24/h6-9,14H,5,10-13H2,1-4H3,(H,27,29)(H,26,28,30)/t14-/m0/s1. The number of ether oxygens (including phenoxy) is 1. The van der Waals surface area contributed by atoms with Crippen LogP contribution in [0.15, 0.2) is 34.2 Å². The van der Waals surface area contributed by atoms with Gasteiger partial charge in [-0.1, -0.05) is 44.7 Å². The third-order valence-electron chi connectivity index (χ3n) is 6.15. The van der Waals surface area contributed by atoms with Gasteiger partial charge in [-0.2, -0.15) is 0 Å². The molecular formula is C25H29N3O4S2. The SMILES string of the molecule is CCOC(=O)c1c(NC(=O)CSc2nc3ccccc3c(=O)[nH]2)sc2c1CC[C@H](C(C)(C)C)C2. The first-order valence-electron chi connectivity index (χ1n) is 11.4. The molecule has 180 valence electrons. The van der Waals surface area contributed by atoms with Gasteiger partial charge in [-0.25, -0.2) is 9.78 Å². The molecule has 4 rings (SSSR count). The average Bonchev–Trinajstić information content (AvgIpc) is 3.14. The molecule has 0 radical (unpaired) electrons. The summed E-state index contributed by atoms with van der Waals surface area (Å²) in [5, 5.41) is 4.35. The van der Waals surface area contributed by atoms with Crippen molar-refractivity contribution in [2.24, 2.45) is 11.3 Å². The maximum Gasteiger partial charge on any atom is 0.341 e. The zero-order valence-electron chi connectivity index (χ0n) is 19.8. The quantitative estimate of drug-likeness (QED) is 0.280. The second-order valence-electron chi connectivity index (χ2n) is 9.46. The minimum Gasteiger partial charge on any atom is -0.462 e. The zero-order chi connectivity index (χ0) is 24.5. The van der Waals surface area contributed by atoms with E-state index in [4.69, 9.17) is 4.74 Å². The number of carbonyl (C=O) groups is 2. The van der Waals surface area contributed by atoms with Crippen LogP contribution in [0, 0.1) is 11.3 Å². The second kappa shape index (κ2) is 9.92. The molecule has 0 saturated carbocycles. The van der Waals surface area contributed by atoms with Gasteiger partial charge in [0.15, 0.2) is 5.16 Å². The minimum absolute atomic E-state index is 0.0523. The van der Waals surface area contributed by atoms with Crippen molar-refractivity contribution in [1.29, 1.82) is 0 Å². The van der Waals surface area contributed by atoms with Crippen LogP contribution in [0.1, 0.15) is 54.9 Å². The lowest BCUT2D eigenvalue weighted by Gasteiger charge is -2.33. The normalized spacial score (nSPS) is 15.7. The molecule has 1 amide bonds. The third kappa shape index (κ3) is 5.20. The fraction of sp³-hybridized carbons (Fsp3) is 0.440. The smallest absolute Gasteiger partial charge is 0.341 e. The van der Waals surface area contributed by atoms with E-state index in [-0.39, 0.29) is 29.2 Å². The topological polar surface area (TPSA) is 101 Å². The van der Waals surface area contributed by atoms with Crippen LogP contribution >= 0.6 is 23.1 Å². The molecule has 1 aliphatic rings. The number of nitrogens with zero attached hydrogens (tertiary/aromatic N) is 1. The summed E-state index contributed by atoms with van der Waals surface area (Å²) in [6, 6.07) is 7.07. The van der Waals surface area contributed by atoms with Crippen LogP contribution in [0.5, 0.6) is 0 Å². The Morgan fingerprint density at radius 2 is 2.06 bits per heavy atom. The Bertz CT molecular complexity index is 1290. The second-order valence-corrected chi connectivity index (χ2v) is 11.5. The van der Waals surface area contributed by atoms with Crippen molar-refractivity contribution in [1.82, 2.24) is 9.97 Å². The van der Waals surface area contributed by atoms with Crippen molar-refractivity contribution in [2.75, 3.05) is 17.7 Å². The fourth-order valence-corrected chi connectivity index (χ4v) is 6.26. The number of hydrogen-bond acceptors (Lipinski definition) is 7. The highest BCUT2D eigenvalue weighted by Gasteiger charge is 2.34. The lowest BCUT2D eigenvalue weighted by molar-refractivity contribution is -0.113. The van der Waals surface area contributed by atoms with Gasteiger partial charge in [0.05, 0.1) is 28.8 Å². The molecule has 0 saturated heterocycles. The summed E-state index contributed by atoms with van der Waals surface area (Å²) < 4.78 is 5.31. The van der Waals surface area contributed by atoms with E-state index in [0.717, 1.165) is 41.5 Å². The molecule has 9 heteroatoms. The number of nitrogens with one attached hydrogen (secondary N) is 2. The molecule has 1 aromatic carbocycles. The number of hydrogen-bond donors (Lipinski definition) is 2. The number of anilines is 1. The van der Waals surface area contributed by atoms with E-state index in [1.807, 2.05) is 6.07 Å². The number of para-hydroxylation sites is 1. The van der Waals surface area contributed by atoms with Crippen LogP contribution in [0.3, 0.4) is 0 Å². The van der Waals surface area contributed by atoms with Gasteiger partial charge in [0.2, 0.25) is 5.91 Å². The number of aromatic amines is 1. The van der Waals surface area contributed by atoms with Gasteiger partial charge >= 0.3 is 5.97 Å². The average molecular weight is 500 g/mol. The van der Waals surface area contributed by atoms with Crippen LogP contribution in [0.25, 0.3) is 10.9 Å². The highest BCUT2D eigenvalue weighted by molar-refractivity contribution is 7.99. The molecule has 2 heterocycles. The lowest BCUT2D eigenvalue weighted by atomic mass is 9.72. The van der Waals surface area contributed by atoms with Crippen LogP contribution in [-0.2, 0) is 22.4 Å². The van der Waals surface area contributed by atoms with Crippen LogP contribution in [-0.4, -0.2) is 34.2 Å². The molecule has 34 heavy (non-hydrogen) atoms. The molecule has 1 atom stereocenters. The summed E-state index contributed by atoms with van der Waals surface area (Å²) in [5.74, 6) is -0.0879. The van der Waals surface area contributed by atoms with Crippen LogP contribution < -0.4 is 10.9 Å². The Balaban J connectivity index is 1.52. The van der Waals surface area contributed by atoms with Crippen molar-refractivity contribution in [2.45, 2.75) is 52.1 Å². The molecule has 0 unspecified atom stereocenters. The van der Waals surface area contributed by atoms with Crippen LogP contribution in [0.2, 0.25) is 0 Å². The molecule has 0 spiro atoms. The maximum absolute atomic E-state index is 12.8. The molecule has 1 aliphatic carbocycles. The number of aromatic nitrogens is 2. The number of benzene rings is 1. The summed E-state index contributed by atoms with van der Waals surface area (Å²) in [7, 11) is 0. The highest BCUT2D eigenvalue weighted by Crippen LogP contribution is 2.44. The maximum atomic E-state index is 12.8. The fourth-order valence-electron chi connectivity index (χ4n) is 4.26. The van der Waals surface area contributed by atoms with Crippen molar-refractivity contribution in [3.8, 4) is 0 Å². The number of amides is 1. The Labute approximate surface area is 206 Å². The molecule has 2 N–H and O–H groups in total. The van der Waals surface area contributed by atoms with Crippen molar-refractivity contribution in [3.05, 3.63) is 50.6 Å². The van der Waals surface area contributed by atoms with Crippen molar-refractivity contribution in [3.63, 3.8) is 0 Å². The summed E-state index contributed by atoms with van der Waals surface area (Å²) >= 11 is 2.62. The zero-order valence-corrected chi connectivity index (χ0v) is 21.5. The van der Waals surface area contributed by atoms with Crippen molar-refractivity contribution < 1.29 is 14.3 Å². The summed E-state index contributed by atoms with van der Waals surface area (Å²) in [4.78, 5) is 46.1. The van der Waals surface area contributed by atoms with Gasteiger partial charge in [-0.05, 0) is 55.2 Å². The van der Waals surface area contributed by atoms with Crippen LogP contribution in [0.4, 0.5) is 5.00 Å². The van der Waals surface area contributed by atoms with Gasteiger partial charge in [-0.3, -0.25) is 9.59 Å². The molecular weight excluding hydrogens is 470 g/mol. The Hall–Kier alpha value is -2.65. The summed E-state index contributed by atoms with van der Waals surface area (Å²) in [6.07, 6.45) is 2.70. The number of H-pyrrole nitrogens is 1. The summed E-state index contributed by atoms with van der Waals surface area (Å²) in [5.41, 5.74) is 2.02. The highest BCUT2D eigenvalue weighted by atomic mass is 32.2. The van der Waals surface area contributed by atoms with Gasteiger partial charge in [0.1, 0.15) is 5.00 Å². The largest absolute Gasteiger partial charge is 0.462 e. The van der Waals surface area contributed by atoms with E-state index in [2.05, 4.69) is 36.1 Å². The third-order valence-corrected chi connectivity index (χ3v) is 8.20. The van der Waals surface area contributed by atoms with Gasteiger partial charge in [0, 0.05) is 4.88 Å². The predicted molar refractivity (Wildman–Crippen MR) is 137 cm³/mol. The summed E-state index contributed by atoms with van der Waals surface area (Å²) in [6.45, 7) is 8.78. The van der Waals surface area contributed by atoms with Gasteiger partial charge < -0.3 is 15.0 Å². The van der Waals surface area contributed by atoms with Gasteiger partial charge in [0.25, 0.3) is 5.56 Å². The number of thiophene rings is 1. The first kappa shape index (κ1) is 24.5. The van der Waals surface area contributed by atoms with Crippen molar-refractivity contribution >= 4 is 50.9 Å². The van der Waals surface area contributed by atoms with Gasteiger partial charge in [-0.15, -0.1) is 11.3 Å². The van der Waals surface area contributed by atoms with E-state index in [1.165, 1.54) is 11.3 Å². The van der Waals surface area contributed by atoms with E-state index >= 15 is 0 Å². The molecule has 7 nitrogen and oxygen atoms in total. The Kier molecular flexibility index (Phi) is 7.14. The molecule has 0 fully saturated rings. The van der Waals surface area contributed by atoms with E-state index in [1.54, 1.807) is 25.1 Å². The molecule has 0 aliphatic heterocycles. The number of rotatable bonds is 6. The Morgan fingerprint density at radius 3 is 2.79 bits per heavy atom. The first-order valence-corrected chi connectivity index (χ1v) is 13.2. The number of fused-ring (bicyclic) bond motifs is 2. The Morgan fingerprint density at radius 1 is 1.29 bits per heavy atom. The number of thioether (sulfide) groups is 1. The van der Waals surface area contributed by atoms with E-state index in [9.17, 15) is 14.4 Å². The molecule has 0 bridgehead atoms. The monoisotopic (exact) mass is 499 g/mol.